The predicted molar refractivity (Wildman–Crippen MR) is 69.2 cm³/mol. The van der Waals surface area contributed by atoms with E-state index < -0.39 is 17.5 Å². The minimum absolute atomic E-state index is 0. The van der Waals surface area contributed by atoms with Gasteiger partial charge >= 0.3 is 0 Å². The summed E-state index contributed by atoms with van der Waals surface area (Å²) < 4.78 is 26.4. The smallest absolute Gasteiger partial charge is 0.254 e. The van der Waals surface area contributed by atoms with Crippen molar-refractivity contribution in [3.8, 4) is 0 Å². The predicted octanol–water partition coefficient (Wildman–Crippen LogP) is 2.03. The van der Waals surface area contributed by atoms with Crippen LogP contribution in [0, 0.1) is 18.6 Å². The molecule has 102 valence electrons. The van der Waals surface area contributed by atoms with Gasteiger partial charge in [-0.05, 0) is 32.5 Å². The Morgan fingerprint density at radius 3 is 2.50 bits per heavy atom. The summed E-state index contributed by atoms with van der Waals surface area (Å²) in [6, 6.07) is 2.03. The van der Waals surface area contributed by atoms with Crippen LogP contribution in [0.1, 0.15) is 22.8 Å². The molecule has 0 radical (unpaired) electrons. The van der Waals surface area contributed by atoms with Crippen molar-refractivity contribution < 1.29 is 13.6 Å². The highest BCUT2D eigenvalue weighted by atomic mass is 35.5. The van der Waals surface area contributed by atoms with E-state index in [0.717, 1.165) is 6.07 Å². The number of amides is 1. The Bertz CT molecular complexity index is 427. The van der Waals surface area contributed by atoms with Crippen LogP contribution in [0.5, 0.6) is 0 Å². The highest BCUT2D eigenvalue weighted by molar-refractivity contribution is 5.94. The van der Waals surface area contributed by atoms with Crippen molar-refractivity contribution in [3.05, 3.63) is 34.9 Å². The number of halogens is 3. The standard InChI is InChI=1S/C12H16F2N2O.ClH/c1-7-4-9(11(14)5-10(7)13)12(17)16-6-8(2)15-3;/h4-5,8,15H,6H2,1-3H3,(H,16,17);1H. The third-order valence-electron chi connectivity index (χ3n) is 2.55. The summed E-state index contributed by atoms with van der Waals surface area (Å²) in [6.07, 6.45) is 0. The van der Waals surface area contributed by atoms with Gasteiger partial charge in [-0.15, -0.1) is 12.4 Å². The molecule has 0 heterocycles. The van der Waals surface area contributed by atoms with E-state index in [-0.39, 0.29) is 29.6 Å². The summed E-state index contributed by atoms with van der Waals surface area (Å²) in [5.41, 5.74) is 0.116. The number of hydrogen-bond acceptors (Lipinski definition) is 2. The van der Waals surface area contributed by atoms with Gasteiger partial charge in [0.2, 0.25) is 0 Å². The first-order valence-corrected chi connectivity index (χ1v) is 5.36. The number of nitrogens with one attached hydrogen (secondary N) is 2. The molecule has 1 atom stereocenters. The number of likely N-dealkylation sites (N-methyl/N-ethyl adjacent to an activating group) is 1. The molecule has 0 aliphatic rings. The van der Waals surface area contributed by atoms with E-state index >= 15 is 0 Å². The molecule has 0 saturated carbocycles. The summed E-state index contributed by atoms with van der Waals surface area (Å²) >= 11 is 0. The Morgan fingerprint density at radius 1 is 1.33 bits per heavy atom. The number of aryl methyl sites for hydroxylation is 1. The zero-order valence-corrected chi connectivity index (χ0v) is 11.3. The third-order valence-corrected chi connectivity index (χ3v) is 2.55. The van der Waals surface area contributed by atoms with Crippen molar-refractivity contribution in [2.75, 3.05) is 13.6 Å². The average molecular weight is 279 g/mol. The van der Waals surface area contributed by atoms with Gasteiger partial charge in [-0.2, -0.15) is 0 Å². The van der Waals surface area contributed by atoms with Crippen LogP contribution in [0.15, 0.2) is 12.1 Å². The lowest BCUT2D eigenvalue weighted by atomic mass is 10.1. The molecular formula is C12H17ClF2N2O. The van der Waals surface area contributed by atoms with Crippen molar-refractivity contribution >= 4 is 18.3 Å². The first-order chi connectivity index (χ1) is 7.95. The summed E-state index contributed by atoms with van der Waals surface area (Å²) in [5.74, 6) is -2.03. The highest BCUT2D eigenvalue weighted by Gasteiger charge is 2.14. The van der Waals surface area contributed by atoms with Gasteiger partial charge in [0.25, 0.3) is 5.91 Å². The van der Waals surface area contributed by atoms with E-state index in [1.807, 2.05) is 6.92 Å². The Morgan fingerprint density at radius 2 is 1.94 bits per heavy atom. The lowest BCUT2D eigenvalue weighted by Crippen LogP contribution is -2.37. The van der Waals surface area contributed by atoms with Gasteiger partial charge in [-0.25, -0.2) is 8.78 Å². The van der Waals surface area contributed by atoms with Crippen LogP contribution in [0.25, 0.3) is 0 Å². The second kappa shape index (κ2) is 7.28. The lowest BCUT2D eigenvalue weighted by Gasteiger charge is -2.12. The maximum absolute atomic E-state index is 13.4. The normalized spacial score (nSPS) is 11.6. The molecule has 1 amide bonds. The van der Waals surface area contributed by atoms with Crippen molar-refractivity contribution in [2.45, 2.75) is 19.9 Å². The molecule has 0 saturated heterocycles. The summed E-state index contributed by atoms with van der Waals surface area (Å²) in [7, 11) is 1.76. The fourth-order valence-electron chi connectivity index (χ4n) is 1.27. The van der Waals surface area contributed by atoms with Crippen LogP contribution in [-0.4, -0.2) is 25.5 Å². The van der Waals surface area contributed by atoms with Crippen LogP contribution in [-0.2, 0) is 0 Å². The fraction of sp³-hybridized carbons (Fsp3) is 0.417. The molecular weight excluding hydrogens is 262 g/mol. The number of benzene rings is 1. The Hall–Kier alpha value is -1.20. The van der Waals surface area contributed by atoms with E-state index in [9.17, 15) is 13.6 Å². The topological polar surface area (TPSA) is 41.1 Å². The molecule has 2 N–H and O–H groups in total. The Balaban J connectivity index is 0.00000289. The quantitative estimate of drug-likeness (QED) is 0.885. The Kier molecular flexibility index (Phi) is 6.80. The molecule has 0 bridgehead atoms. The highest BCUT2D eigenvalue weighted by Crippen LogP contribution is 2.13. The minimum Gasteiger partial charge on any atom is -0.350 e. The van der Waals surface area contributed by atoms with Gasteiger partial charge in [0.15, 0.2) is 0 Å². The molecule has 0 spiro atoms. The zero-order chi connectivity index (χ0) is 13.0. The van der Waals surface area contributed by atoms with Crippen LogP contribution >= 0.6 is 12.4 Å². The molecule has 6 heteroatoms. The number of carbonyl (C=O) groups excluding carboxylic acids is 1. The number of hydrogen-bond donors (Lipinski definition) is 2. The van der Waals surface area contributed by atoms with Gasteiger partial charge < -0.3 is 10.6 Å². The summed E-state index contributed by atoms with van der Waals surface area (Å²) in [4.78, 5) is 11.6. The minimum atomic E-state index is -0.845. The molecule has 0 fully saturated rings. The van der Waals surface area contributed by atoms with Crippen LogP contribution < -0.4 is 10.6 Å². The first-order valence-electron chi connectivity index (χ1n) is 5.36. The van der Waals surface area contributed by atoms with Gasteiger partial charge in [-0.1, -0.05) is 0 Å². The second-order valence-corrected chi connectivity index (χ2v) is 3.98. The SMILES string of the molecule is CNC(C)CNC(=O)c1cc(C)c(F)cc1F.Cl. The molecule has 0 aliphatic carbocycles. The largest absolute Gasteiger partial charge is 0.350 e. The molecule has 18 heavy (non-hydrogen) atoms. The van der Waals surface area contributed by atoms with Gasteiger partial charge in [0.05, 0.1) is 5.56 Å². The van der Waals surface area contributed by atoms with Crippen LogP contribution in [0.4, 0.5) is 8.78 Å². The summed E-state index contributed by atoms with van der Waals surface area (Å²) in [5, 5.41) is 5.51. The number of carbonyl (C=O) groups is 1. The van der Waals surface area contributed by atoms with Crippen molar-refractivity contribution in [2.24, 2.45) is 0 Å². The molecule has 0 aliphatic heterocycles. The molecule has 3 nitrogen and oxygen atoms in total. The molecule has 0 aromatic heterocycles. The lowest BCUT2D eigenvalue weighted by molar-refractivity contribution is 0.0946. The van der Waals surface area contributed by atoms with Crippen LogP contribution in [0.2, 0.25) is 0 Å². The fourth-order valence-corrected chi connectivity index (χ4v) is 1.27. The van der Waals surface area contributed by atoms with Crippen molar-refractivity contribution in [1.82, 2.24) is 10.6 Å². The second-order valence-electron chi connectivity index (χ2n) is 3.98. The molecule has 1 aromatic rings. The Labute approximate surface area is 111 Å². The van der Waals surface area contributed by atoms with E-state index in [2.05, 4.69) is 10.6 Å². The van der Waals surface area contributed by atoms with E-state index in [4.69, 9.17) is 0 Å². The van der Waals surface area contributed by atoms with Gasteiger partial charge in [-0.3, -0.25) is 4.79 Å². The summed E-state index contributed by atoms with van der Waals surface area (Å²) in [6.45, 7) is 3.75. The van der Waals surface area contributed by atoms with Crippen LogP contribution in [0.3, 0.4) is 0 Å². The van der Waals surface area contributed by atoms with Crippen molar-refractivity contribution in [3.63, 3.8) is 0 Å². The maximum atomic E-state index is 13.4. The molecule has 1 rings (SSSR count). The van der Waals surface area contributed by atoms with Crippen molar-refractivity contribution in [1.29, 1.82) is 0 Å². The van der Waals surface area contributed by atoms with Gasteiger partial charge in [0.1, 0.15) is 11.6 Å². The maximum Gasteiger partial charge on any atom is 0.254 e. The molecule has 1 aromatic carbocycles. The first kappa shape index (κ1) is 16.8. The zero-order valence-electron chi connectivity index (χ0n) is 10.5. The average Bonchev–Trinajstić information content (AvgIpc) is 2.30. The van der Waals surface area contributed by atoms with Gasteiger partial charge in [0, 0.05) is 18.7 Å². The monoisotopic (exact) mass is 278 g/mol. The van der Waals surface area contributed by atoms with E-state index in [1.165, 1.54) is 13.0 Å². The van der Waals surface area contributed by atoms with E-state index in [0.29, 0.717) is 6.54 Å². The number of rotatable bonds is 4. The third kappa shape index (κ3) is 4.23. The van der Waals surface area contributed by atoms with E-state index in [1.54, 1.807) is 7.05 Å². The molecule has 1 unspecified atom stereocenters.